The first-order valence-corrected chi connectivity index (χ1v) is 7.57. The van der Waals surface area contributed by atoms with E-state index in [-0.39, 0.29) is 12.4 Å². The van der Waals surface area contributed by atoms with Gasteiger partial charge in [0.05, 0.1) is 13.1 Å². The van der Waals surface area contributed by atoms with E-state index in [0.717, 1.165) is 38.4 Å². The quantitative estimate of drug-likeness (QED) is 0.923. The van der Waals surface area contributed by atoms with Gasteiger partial charge in [0.15, 0.2) is 0 Å². The molecule has 0 unspecified atom stereocenters. The van der Waals surface area contributed by atoms with Gasteiger partial charge in [0.25, 0.3) is 0 Å². The number of para-hydroxylation sites is 1. The van der Waals surface area contributed by atoms with Crippen LogP contribution in [0.15, 0.2) is 53.5 Å². The summed E-state index contributed by atoms with van der Waals surface area (Å²) >= 11 is 0. The van der Waals surface area contributed by atoms with Crippen molar-refractivity contribution in [2.24, 2.45) is 4.99 Å². The number of aliphatic imine (C=N–C) groups is 1. The van der Waals surface area contributed by atoms with E-state index < -0.39 is 0 Å². The Morgan fingerprint density at radius 2 is 1.68 bits per heavy atom. The molecule has 0 spiro atoms. The SMILES string of the molecule is Cl.c1ccc2c(c1)Cc1ccccc1N(CC1=NCCN1)C2. The first-order chi connectivity index (χ1) is 10.4. The summed E-state index contributed by atoms with van der Waals surface area (Å²) in [7, 11) is 0. The van der Waals surface area contributed by atoms with E-state index in [1.54, 1.807) is 0 Å². The minimum absolute atomic E-state index is 0. The monoisotopic (exact) mass is 313 g/mol. The van der Waals surface area contributed by atoms with Crippen molar-refractivity contribution >= 4 is 23.9 Å². The molecule has 4 heteroatoms. The Balaban J connectivity index is 0.00000144. The van der Waals surface area contributed by atoms with Crippen LogP contribution in [-0.4, -0.2) is 25.5 Å². The maximum atomic E-state index is 4.55. The zero-order valence-electron chi connectivity index (χ0n) is 12.5. The Kier molecular flexibility index (Phi) is 4.34. The van der Waals surface area contributed by atoms with Crippen molar-refractivity contribution in [3.05, 3.63) is 65.2 Å². The Morgan fingerprint density at radius 3 is 2.45 bits per heavy atom. The number of halogens is 1. The van der Waals surface area contributed by atoms with Gasteiger partial charge in [-0.25, -0.2) is 0 Å². The van der Waals surface area contributed by atoms with E-state index in [0.29, 0.717) is 0 Å². The largest absolute Gasteiger partial charge is 0.370 e. The topological polar surface area (TPSA) is 27.6 Å². The summed E-state index contributed by atoms with van der Waals surface area (Å²) < 4.78 is 0. The van der Waals surface area contributed by atoms with Crippen molar-refractivity contribution < 1.29 is 0 Å². The van der Waals surface area contributed by atoms with Crippen molar-refractivity contribution in [1.29, 1.82) is 0 Å². The second-order valence-electron chi connectivity index (χ2n) is 5.69. The smallest absolute Gasteiger partial charge is 0.116 e. The van der Waals surface area contributed by atoms with E-state index in [1.165, 1.54) is 22.4 Å². The number of anilines is 1. The second kappa shape index (κ2) is 6.41. The number of fused-ring (bicyclic) bond motifs is 2. The van der Waals surface area contributed by atoms with Crippen LogP contribution in [-0.2, 0) is 13.0 Å². The fraction of sp³-hybridized carbons (Fsp3) is 0.278. The van der Waals surface area contributed by atoms with Gasteiger partial charge in [-0.05, 0) is 29.2 Å². The molecular formula is C18H20ClN3. The average Bonchev–Trinajstić information content (AvgIpc) is 2.96. The Bertz CT molecular complexity index is 696. The molecule has 22 heavy (non-hydrogen) atoms. The molecule has 0 saturated heterocycles. The number of amidine groups is 1. The van der Waals surface area contributed by atoms with E-state index in [4.69, 9.17) is 0 Å². The lowest BCUT2D eigenvalue weighted by Crippen LogP contribution is -2.35. The fourth-order valence-electron chi connectivity index (χ4n) is 3.22. The highest BCUT2D eigenvalue weighted by Gasteiger charge is 2.20. The molecule has 1 N–H and O–H groups in total. The van der Waals surface area contributed by atoms with Gasteiger partial charge >= 0.3 is 0 Å². The Morgan fingerprint density at radius 1 is 0.955 bits per heavy atom. The van der Waals surface area contributed by atoms with Gasteiger partial charge in [-0.2, -0.15) is 0 Å². The molecule has 2 aliphatic rings. The lowest BCUT2D eigenvalue weighted by molar-refractivity contribution is 0.868. The zero-order chi connectivity index (χ0) is 14.1. The van der Waals surface area contributed by atoms with Crippen LogP contribution in [0.25, 0.3) is 0 Å². The first-order valence-electron chi connectivity index (χ1n) is 7.57. The number of rotatable bonds is 2. The third-order valence-corrected chi connectivity index (χ3v) is 4.28. The highest BCUT2D eigenvalue weighted by molar-refractivity contribution is 5.88. The Labute approximate surface area is 137 Å². The third kappa shape index (κ3) is 2.81. The van der Waals surface area contributed by atoms with Crippen molar-refractivity contribution in [2.45, 2.75) is 13.0 Å². The van der Waals surface area contributed by atoms with Crippen LogP contribution >= 0.6 is 12.4 Å². The van der Waals surface area contributed by atoms with Crippen LogP contribution in [0.2, 0.25) is 0 Å². The van der Waals surface area contributed by atoms with Gasteiger partial charge in [0.1, 0.15) is 5.84 Å². The molecule has 0 atom stereocenters. The molecule has 0 fully saturated rings. The van der Waals surface area contributed by atoms with E-state index in [2.05, 4.69) is 63.7 Å². The zero-order valence-corrected chi connectivity index (χ0v) is 13.3. The predicted molar refractivity (Wildman–Crippen MR) is 94.3 cm³/mol. The van der Waals surface area contributed by atoms with Crippen molar-refractivity contribution in [3.63, 3.8) is 0 Å². The molecule has 3 nitrogen and oxygen atoms in total. The van der Waals surface area contributed by atoms with Gasteiger partial charge < -0.3 is 10.2 Å². The highest BCUT2D eigenvalue weighted by atomic mass is 35.5. The standard InChI is InChI=1S/C18H19N3.ClH/c1-2-7-16-12-21(13-18-19-9-10-20-18)17-8-4-3-6-15(17)11-14(16)5-1;/h1-8H,9-13H2,(H,19,20);1H. The van der Waals surface area contributed by atoms with Crippen LogP contribution in [0.5, 0.6) is 0 Å². The number of benzene rings is 2. The van der Waals surface area contributed by atoms with Gasteiger partial charge in [-0.15, -0.1) is 12.4 Å². The number of nitrogens with one attached hydrogen (secondary N) is 1. The second-order valence-corrected chi connectivity index (χ2v) is 5.69. The summed E-state index contributed by atoms with van der Waals surface area (Å²) in [5.41, 5.74) is 5.60. The van der Waals surface area contributed by atoms with Crippen LogP contribution in [0.1, 0.15) is 16.7 Å². The normalized spacial score (nSPS) is 15.8. The molecule has 0 amide bonds. The molecule has 2 aromatic carbocycles. The molecular weight excluding hydrogens is 294 g/mol. The molecule has 2 heterocycles. The molecule has 4 rings (SSSR count). The van der Waals surface area contributed by atoms with Gasteiger partial charge in [-0.3, -0.25) is 4.99 Å². The summed E-state index contributed by atoms with van der Waals surface area (Å²) in [6.07, 6.45) is 1.02. The molecule has 0 bridgehead atoms. The van der Waals surface area contributed by atoms with E-state index in [9.17, 15) is 0 Å². The van der Waals surface area contributed by atoms with Gasteiger partial charge in [0.2, 0.25) is 0 Å². The third-order valence-electron chi connectivity index (χ3n) is 4.28. The summed E-state index contributed by atoms with van der Waals surface area (Å²) in [4.78, 5) is 7.00. The number of hydrogen-bond acceptors (Lipinski definition) is 3. The van der Waals surface area contributed by atoms with Crippen molar-refractivity contribution in [2.75, 3.05) is 24.5 Å². The molecule has 2 aliphatic heterocycles. The minimum Gasteiger partial charge on any atom is -0.370 e. The summed E-state index contributed by atoms with van der Waals surface area (Å²) in [6.45, 7) is 3.70. The van der Waals surface area contributed by atoms with Crippen molar-refractivity contribution in [1.82, 2.24) is 5.32 Å². The molecule has 0 aromatic heterocycles. The van der Waals surface area contributed by atoms with Crippen LogP contribution in [0.4, 0.5) is 5.69 Å². The van der Waals surface area contributed by atoms with E-state index in [1.807, 2.05) is 0 Å². The summed E-state index contributed by atoms with van der Waals surface area (Å²) in [6, 6.07) is 17.5. The Hall–Kier alpha value is -2.00. The van der Waals surface area contributed by atoms with Crippen molar-refractivity contribution in [3.8, 4) is 0 Å². The molecule has 0 saturated carbocycles. The van der Waals surface area contributed by atoms with Crippen LogP contribution < -0.4 is 10.2 Å². The molecule has 0 aliphatic carbocycles. The van der Waals surface area contributed by atoms with Crippen LogP contribution in [0.3, 0.4) is 0 Å². The fourth-order valence-corrected chi connectivity index (χ4v) is 3.22. The first kappa shape index (κ1) is 14.9. The maximum Gasteiger partial charge on any atom is 0.116 e. The number of nitrogens with zero attached hydrogens (tertiary/aromatic N) is 2. The lowest BCUT2D eigenvalue weighted by Gasteiger charge is -2.25. The minimum atomic E-state index is 0. The molecule has 0 radical (unpaired) electrons. The maximum absolute atomic E-state index is 4.55. The van der Waals surface area contributed by atoms with Gasteiger partial charge in [-0.1, -0.05) is 42.5 Å². The van der Waals surface area contributed by atoms with Gasteiger partial charge in [0, 0.05) is 18.8 Å². The highest BCUT2D eigenvalue weighted by Crippen LogP contribution is 2.30. The molecule has 114 valence electrons. The lowest BCUT2D eigenvalue weighted by atomic mass is 10.0. The number of hydrogen-bond donors (Lipinski definition) is 1. The average molecular weight is 314 g/mol. The molecule has 2 aromatic rings. The van der Waals surface area contributed by atoms with E-state index >= 15 is 0 Å². The van der Waals surface area contributed by atoms with Crippen LogP contribution in [0, 0.1) is 0 Å². The summed E-state index contributed by atoms with van der Waals surface area (Å²) in [5.74, 6) is 1.11. The summed E-state index contributed by atoms with van der Waals surface area (Å²) in [5, 5.41) is 3.39. The predicted octanol–water partition coefficient (Wildman–Crippen LogP) is 3.02.